The van der Waals surface area contributed by atoms with Crippen molar-refractivity contribution in [3.8, 4) is 0 Å². The molecule has 1 nitrogen and oxygen atoms in total. The molecular weight excluding hydrogens is 160 g/mol. The summed E-state index contributed by atoms with van der Waals surface area (Å²) < 4.78 is 0. The van der Waals surface area contributed by atoms with E-state index < -0.39 is 0 Å². The molecule has 1 rings (SSSR count). The van der Waals surface area contributed by atoms with Gasteiger partial charge in [-0.1, -0.05) is 52.4 Å². The van der Waals surface area contributed by atoms with E-state index in [-0.39, 0.29) is 5.92 Å². The maximum absolute atomic E-state index is 11.5. The van der Waals surface area contributed by atoms with Crippen LogP contribution in [0.15, 0.2) is 0 Å². The van der Waals surface area contributed by atoms with Crippen LogP contribution in [0.1, 0.15) is 58.8 Å². The standard InChI is InChI=1S/C12H22O/c1-10(2)12(13)9-11-7-5-3-4-6-8-11/h10-11H,3-9H2,1-2H3. The van der Waals surface area contributed by atoms with Crippen LogP contribution in [0.4, 0.5) is 0 Å². The smallest absolute Gasteiger partial charge is 0.135 e. The van der Waals surface area contributed by atoms with Gasteiger partial charge in [0.1, 0.15) is 5.78 Å². The largest absolute Gasteiger partial charge is 0.299 e. The molecule has 1 aliphatic carbocycles. The lowest BCUT2D eigenvalue weighted by Crippen LogP contribution is -2.13. The van der Waals surface area contributed by atoms with Crippen LogP contribution in [0, 0.1) is 11.8 Å². The molecule has 13 heavy (non-hydrogen) atoms. The maximum Gasteiger partial charge on any atom is 0.135 e. The first-order valence-electron chi connectivity index (χ1n) is 5.73. The lowest BCUT2D eigenvalue weighted by atomic mass is 9.91. The fourth-order valence-corrected chi connectivity index (χ4v) is 2.09. The fourth-order valence-electron chi connectivity index (χ4n) is 2.09. The first-order chi connectivity index (χ1) is 6.20. The molecule has 0 saturated heterocycles. The molecule has 0 amide bonds. The van der Waals surface area contributed by atoms with Crippen molar-refractivity contribution >= 4 is 5.78 Å². The van der Waals surface area contributed by atoms with Gasteiger partial charge in [0, 0.05) is 12.3 Å². The highest BCUT2D eigenvalue weighted by molar-refractivity contribution is 5.80. The second kappa shape index (κ2) is 5.41. The number of carbonyl (C=O) groups excluding carboxylic acids is 1. The molecule has 0 unspecified atom stereocenters. The van der Waals surface area contributed by atoms with Crippen molar-refractivity contribution in [2.75, 3.05) is 0 Å². The van der Waals surface area contributed by atoms with Crippen LogP contribution >= 0.6 is 0 Å². The zero-order chi connectivity index (χ0) is 9.68. The predicted molar refractivity (Wildman–Crippen MR) is 55.7 cm³/mol. The van der Waals surface area contributed by atoms with Crippen LogP contribution in [-0.4, -0.2) is 5.78 Å². The molecule has 0 atom stereocenters. The van der Waals surface area contributed by atoms with Gasteiger partial charge in [-0.15, -0.1) is 0 Å². The average Bonchev–Trinajstić information content (AvgIpc) is 2.32. The van der Waals surface area contributed by atoms with E-state index in [0.29, 0.717) is 11.7 Å². The van der Waals surface area contributed by atoms with E-state index in [1.807, 2.05) is 13.8 Å². The average molecular weight is 182 g/mol. The molecule has 0 aromatic rings. The van der Waals surface area contributed by atoms with Crippen molar-refractivity contribution in [1.29, 1.82) is 0 Å². The van der Waals surface area contributed by atoms with Gasteiger partial charge in [-0.05, 0) is 5.92 Å². The van der Waals surface area contributed by atoms with Gasteiger partial charge < -0.3 is 0 Å². The summed E-state index contributed by atoms with van der Waals surface area (Å²) in [6.45, 7) is 4.03. The van der Waals surface area contributed by atoms with E-state index in [0.717, 1.165) is 6.42 Å². The molecule has 1 saturated carbocycles. The summed E-state index contributed by atoms with van der Waals surface area (Å²) in [6, 6.07) is 0. The van der Waals surface area contributed by atoms with Crippen molar-refractivity contribution in [3.05, 3.63) is 0 Å². The first-order valence-corrected chi connectivity index (χ1v) is 5.73. The van der Waals surface area contributed by atoms with E-state index in [1.54, 1.807) is 0 Å². The van der Waals surface area contributed by atoms with E-state index in [1.165, 1.54) is 38.5 Å². The number of rotatable bonds is 3. The quantitative estimate of drug-likeness (QED) is 0.610. The summed E-state index contributed by atoms with van der Waals surface area (Å²) in [6.07, 6.45) is 8.87. The maximum atomic E-state index is 11.5. The van der Waals surface area contributed by atoms with Crippen LogP contribution in [0.3, 0.4) is 0 Å². The lowest BCUT2D eigenvalue weighted by Gasteiger charge is -2.13. The van der Waals surface area contributed by atoms with Gasteiger partial charge in [0.25, 0.3) is 0 Å². The zero-order valence-corrected chi connectivity index (χ0v) is 9.01. The van der Waals surface area contributed by atoms with Crippen LogP contribution in [0.2, 0.25) is 0 Å². The normalized spacial score (nSPS) is 20.2. The van der Waals surface area contributed by atoms with Gasteiger partial charge in [0.2, 0.25) is 0 Å². The monoisotopic (exact) mass is 182 g/mol. The fraction of sp³-hybridized carbons (Fsp3) is 0.917. The minimum atomic E-state index is 0.239. The van der Waals surface area contributed by atoms with E-state index in [4.69, 9.17) is 0 Å². The summed E-state index contributed by atoms with van der Waals surface area (Å²) in [4.78, 5) is 11.5. The van der Waals surface area contributed by atoms with Gasteiger partial charge in [-0.3, -0.25) is 4.79 Å². The molecule has 76 valence electrons. The SMILES string of the molecule is CC(C)C(=O)CC1CCCCCC1. The third-order valence-electron chi connectivity index (χ3n) is 3.11. The van der Waals surface area contributed by atoms with Crippen LogP contribution in [0.5, 0.6) is 0 Å². The Balaban J connectivity index is 2.29. The minimum Gasteiger partial charge on any atom is -0.299 e. The summed E-state index contributed by atoms with van der Waals surface area (Å²) in [7, 11) is 0. The number of carbonyl (C=O) groups is 1. The molecule has 1 aliphatic rings. The highest BCUT2D eigenvalue weighted by Gasteiger charge is 2.17. The second-order valence-corrected chi connectivity index (χ2v) is 4.68. The highest BCUT2D eigenvalue weighted by atomic mass is 16.1. The molecule has 0 N–H and O–H groups in total. The Morgan fingerprint density at radius 1 is 1.15 bits per heavy atom. The molecule has 0 aromatic carbocycles. The zero-order valence-electron chi connectivity index (χ0n) is 9.01. The van der Waals surface area contributed by atoms with Gasteiger partial charge in [-0.25, -0.2) is 0 Å². The molecular formula is C12H22O. The van der Waals surface area contributed by atoms with Crippen molar-refractivity contribution in [1.82, 2.24) is 0 Å². The summed E-state index contributed by atoms with van der Waals surface area (Å²) >= 11 is 0. The molecule has 0 heterocycles. The summed E-state index contributed by atoms with van der Waals surface area (Å²) in [5.41, 5.74) is 0. The van der Waals surface area contributed by atoms with Gasteiger partial charge in [0.05, 0.1) is 0 Å². The van der Waals surface area contributed by atoms with Crippen LogP contribution in [0.25, 0.3) is 0 Å². The number of ketones is 1. The van der Waals surface area contributed by atoms with E-state index in [2.05, 4.69) is 0 Å². The first kappa shape index (κ1) is 10.7. The Bertz CT molecular complexity index is 153. The third-order valence-corrected chi connectivity index (χ3v) is 3.11. The number of Topliss-reactive ketones (excluding diaryl/α,β-unsaturated/α-hetero) is 1. The van der Waals surface area contributed by atoms with Crippen molar-refractivity contribution < 1.29 is 4.79 Å². The Morgan fingerprint density at radius 2 is 1.69 bits per heavy atom. The molecule has 1 fully saturated rings. The van der Waals surface area contributed by atoms with Crippen molar-refractivity contribution in [2.45, 2.75) is 58.8 Å². The van der Waals surface area contributed by atoms with E-state index in [9.17, 15) is 4.79 Å². The molecule has 0 radical (unpaired) electrons. The Morgan fingerprint density at radius 3 is 2.15 bits per heavy atom. The second-order valence-electron chi connectivity index (χ2n) is 4.68. The summed E-state index contributed by atoms with van der Waals surface area (Å²) in [5, 5.41) is 0. The van der Waals surface area contributed by atoms with Crippen LogP contribution < -0.4 is 0 Å². The van der Waals surface area contributed by atoms with Crippen molar-refractivity contribution in [2.24, 2.45) is 11.8 Å². The molecule has 0 spiro atoms. The molecule has 0 aromatic heterocycles. The highest BCUT2D eigenvalue weighted by Crippen LogP contribution is 2.26. The van der Waals surface area contributed by atoms with Gasteiger partial charge in [-0.2, -0.15) is 0 Å². The van der Waals surface area contributed by atoms with Gasteiger partial charge in [0.15, 0.2) is 0 Å². The Kier molecular flexibility index (Phi) is 4.47. The predicted octanol–water partition coefficient (Wildman–Crippen LogP) is 3.57. The lowest BCUT2D eigenvalue weighted by molar-refractivity contribution is -0.122. The topological polar surface area (TPSA) is 17.1 Å². The van der Waals surface area contributed by atoms with Gasteiger partial charge >= 0.3 is 0 Å². The Labute approximate surface area is 81.9 Å². The van der Waals surface area contributed by atoms with E-state index >= 15 is 0 Å². The molecule has 0 bridgehead atoms. The summed E-state index contributed by atoms with van der Waals surface area (Å²) in [5.74, 6) is 1.41. The Hall–Kier alpha value is -0.330. The number of hydrogen-bond acceptors (Lipinski definition) is 1. The molecule has 1 heteroatoms. The number of hydrogen-bond donors (Lipinski definition) is 0. The molecule has 0 aliphatic heterocycles. The third kappa shape index (κ3) is 3.93. The minimum absolute atomic E-state index is 0.239. The van der Waals surface area contributed by atoms with Crippen molar-refractivity contribution in [3.63, 3.8) is 0 Å². The van der Waals surface area contributed by atoms with Crippen LogP contribution in [-0.2, 0) is 4.79 Å².